The third-order valence-electron chi connectivity index (χ3n) is 2.60. The van der Waals surface area contributed by atoms with Crippen LogP contribution in [0.4, 0.5) is 5.69 Å². The van der Waals surface area contributed by atoms with E-state index in [1.165, 1.54) is 6.26 Å². The van der Waals surface area contributed by atoms with Crippen LogP contribution in [0.1, 0.15) is 21.7 Å². The fraction of sp³-hybridized carbons (Fsp3) is 0.154. The summed E-state index contributed by atoms with van der Waals surface area (Å²) in [4.78, 5) is 10.9. The number of carbonyl (C=O) groups is 1. The molecule has 1 aromatic carbocycles. The number of halogens is 1. The summed E-state index contributed by atoms with van der Waals surface area (Å²) in [6, 6.07) is 7.52. The summed E-state index contributed by atoms with van der Waals surface area (Å²) in [5.41, 5.74) is 2.66. The van der Waals surface area contributed by atoms with Crippen LogP contribution in [0.25, 0.3) is 0 Å². The van der Waals surface area contributed by atoms with E-state index in [4.69, 9.17) is 9.52 Å². The van der Waals surface area contributed by atoms with Crippen LogP contribution in [-0.4, -0.2) is 11.1 Å². The molecule has 18 heavy (non-hydrogen) atoms. The van der Waals surface area contributed by atoms with E-state index in [2.05, 4.69) is 21.2 Å². The molecule has 0 saturated carbocycles. The van der Waals surface area contributed by atoms with Crippen LogP contribution in [0, 0.1) is 6.92 Å². The van der Waals surface area contributed by atoms with Crippen molar-refractivity contribution in [2.45, 2.75) is 13.5 Å². The number of aryl methyl sites for hydroxylation is 1. The zero-order valence-corrected chi connectivity index (χ0v) is 11.3. The second-order valence-corrected chi connectivity index (χ2v) is 4.66. The highest BCUT2D eigenvalue weighted by molar-refractivity contribution is 9.10. The Labute approximate surface area is 113 Å². The molecule has 0 saturated heterocycles. The lowest BCUT2D eigenvalue weighted by molar-refractivity contribution is 0.0661. The lowest BCUT2D eigenvalue weighted by Crippen LogP contribution is -2.05. The molecular weight excluding hydrogens is 298 g/mol. The van der Waals surface area contributed by atoms with Gasteiger partial charge < -0.3 is 14.8 Å². The maximum atomic E-state index is 10.9. The van der Waals surface area contributed by atoms with Crippen LogP contribution in [0.3, 0.4) is 0 Å². The first-order valence-corrected chi connectivity index (χ1v) is 6.17. The Hall–Kier alpha value is -1.75. The Kier molecular flexibility index (Phi) is 3.72. The molecule has 0 atom stereocenters. The van der Waals surface area contributed by atoms with Gasteiger partial charge in [0.2, 0.25) is 5.76 Å². The van der Waals surface area contributed by atoms with Crippen LogP contribution in [0.2, 0.25) is 0 Å². The molecule has 1 heterocycles. The van der Waals surface area contributed by atoms with Crippen LogP contribution >= 0.6 is 15.9 Å². The maximum absolute atomic E-state index is 10.9. The highest BCUT2D eigenvalue weighted by atomic mass is 79.9. The summed E-state index contributed by atoms with van der Waals surface area (Å²) >= 11 is 3.49. The average molecular weight is 310 g/mol. The molecule has 2 N–H and O–H groups in total. The van der Waals surface area contributed by atoms with E-state index < -0.39 is 5.97 Å². The Bertz CT molecular complexity index is 577. The van der Waals surface area contributed by atoms with Crippen molar-refractivity contribution < 1.29 is 14.3 Å². The number of anilines is 1. The molecule has 2 rings (SSSR count). The van der Waals surface area contributed by atoms with Gasteiger partial charge in [-0.1, -0.05) is 12.1 Å². The van der Waals surface area contributed by atoms with Crippen molar-refractivity contribution in [2.75, 3.05) is 5.32 Å². The maximum Gasteiger partial charge on any atom is 0.372 e. The molecule has 0 fully saturated rings. The Morgan fingerprint density at radius 2 is 2.22 bits per heavy atom. The van der Waals surface area contributed by atoms with Gasteiger partial charge in [0, 0.05) is 22.3 Å². The van der Waals surface area contributed by atoms with Crippen molar-refractivity contribution >= 4 is 27.6 Å². The molecule has 94 valence electrons. The standard InChI is InChI=1S/C13H12BrNO3/c1-8-3-2-4-10(11(8)14)15-7-9-5-6-18-12(9)13(16)17/h2-6,15H,7H2,1H3,(H,16,17). The minimum absolute atomic E-state index is 0.0220. The fourth-order valence-electron chi connectivity index (χ4n) is 1.64. The smallest absolute Gasteiger partial charge is 0.372 e. The van der Waals surface area contributed by atoms with Gasteiger partial charge >= 0.3 is 5.97 Å². The molecule has 0 unspecified atom stereocenters. The third-order valence-corrected chi connectivity index (χ3v) is 3.65. The minimum atomic E-state index is -1.06. The van der Waals surface area contributed by atoms with E-state index in [9.17, 15) is 4.79 Å². The first-order valence-electron chi connectivity index (χ1n) is 5.38. The van der Waals surface area contributed by atoms with Gasteiger partial charge in [-0.2, -0.15) is 0 Å². The number of nitrogens with one attached hydrogen (secondary N) is 1. The quantitative estimate of drug-likeness (QED) is 0.904. The number of carboxylic acid groups (broad SMARTS) is 1. The van der Waals surface area contributed by atoms with Gasteiger partial charge in [-0.15, -0.1) is 0 Å². The lowest BCUT2D eigenvalue weighted by Gasteiger charge is -2.09. The highest BCUT2D eigenvalue weighted by Gasteiger charge is 2.13. The Morgan fingerprint density at radius 3 is 2.94 bits per heavy atom. The van der Waals surface area contributed by atoms with Gasteiger partial charge in [-0.05, 0) is 40.5 Å². The van der Waals surface area contributed by atoms with E-state index in [0.29, 0.717) is 12.1 Å². The topological polar surface area (TPSA) is 62.5 Å². The first-order chi connectivity index (χ1) is 8.59. The molecule has 0 aliphatic carbocycles. The molecule has 2 aromatic rings. The number of benzene rings is 1. The molecule has 0 radical (unpaired) electrons. The van der Waals surface area contributed by atoms with Crippen LogP contribution < -0.4 is 5.32 Å². The van der Waals surface area contributed by atoms with Crippen molar-refractivity contribution in [1.29, 1.82) is 0 Å². The fourth-order valence-corrected chi connectivity index (χ4v) is 2.04. The van der Waals surface area contributed by atoms with Gasteiger partial charge in [-0.3, -0.25) is 0 Å². The Morgan fingerprint density at radius 1 is 1.44 bits per heavy atom. The number of hydrogen-bond acceptors (Lipinski definition) is 3. The van der Waals surface area contributed by atoms with Gasteiger partial charge in [0.1, 0.15) is 0 Å². The second kappa shape index (κ2) is 5.27. The molecule has 0 aliphatic heterocycles. The monoisotopic (exact) mass is 309 g/mol. The third kappa shape index (κ3) is 2.56. The zero-order valence-electron chi connectivity index (χ0n) is 9.74. The molecular formula is C13H12BrNO3. The molecule has 0 spiro atoms. The van der Waals surface area contributed by atoms with Crippen molar-refractivity contribution in [3.63, 3.8) is 0 Å². The summed E-state index contributed by atoms with van der Waals surface area (Å²) in [5, 5.41) is 12.1. The average Bonchev–Trinajstić information content (AvgIpc) is 2.79. The number of hydrogen-bond donors (Lipinski definition) is 2. The van der Waals surface area contributed by atoms with Gasteiger partial charge in [-0.25, -0.2) is 4.79 Å². The largest absolute Gasteiger partial charge is 0.475 e. The Balaban J connectivity index is 2.14. The van der Waals surface area contributed by atoms with Crippen molar-refractivity contribution in [3.05, 3.63) is 51.9 Å². The molecule has 0 aliphatic rings. The van der Waals surface area contributed by atoms with E-state index >= 15 is 0 Å². The van der Waals surface area contributed by atoms with Crippen LogP contribution in [-0.2, 0) is 6.54 Å². The number of carboxylic acids is 1. The summed E-state index contributed by atoms with van der Waals surface area (Å²) in [6.07, 6.45) is 1.38. The van der Waals surface area contributed by atoms with Crippen LogP contribution in [0.5, 0.6) is 0 Å². The van der Waals surface area contributed by atoms with Gasteiger partial charge in [0.15, 0.2) is 0 Å². The second-order valence-electron chi connectivity index (χ2n) is 3.87. The van der Waals surface area contributed by atoms with Gasteiger partial charge in [0.25, 0.3) is 0 Å². The predicted octanol–water partition coefficient (Wildman–Crippen LogP) is 3.66. The number of rotatable bonds is 4. The molecule has 4 nitrogen and oxygen atoms in total. The minimum Gasteiger partial charge on any atom is -0.475 e. The SMILES string of the molecule is Cc1cccc(NCc2ccoc2C(=O)O)c1Br. The van der Waals surface area contributed by atoms with Crippen molar-refractivity contribution in [1.82, 2.24) is 0 Å². The first kappa shape index (κ1) is 12.7. The molecule has 1 aromatic heterocycles. The normalized spacial score (nSPS) is 10.3. The number of furan rings is 1. The lowest BCUT2D eigenvalue weighted by atomic mass is 10.2. The van der Waals surface area contributed by atoms with Crippen molar-refractivity contribution in [2.24, 2.45) is 0 Å². The van der Waals surface area contributed by atoms with E-state index in [1.807, 2.05) is 25.1 Å². The van der Waals surface area contributed by atoms with E-state index in [-0.39, 0.29) is 5.76 Å². The van der Waals surface area contributed by atoms with Gasteiger partial charge in [0.05, 0.1) is 6.26 Å². The van der Waals surface area contributed by atoms with E-state index in [0.717, 1.165) is 15.7 Å². The summed E-state index contributed by atoms with van der Waals surface area (Å²) in [7, 11) is 0. The van der Waals surface area contributed by atoms with Crippen molar-refractivity contribution in [3.8, 4) is 0 Å². The summed E-state index contributed by atoms with van der Waals surface area (Å²) in [6.45, 7) is 2.40. The van der Waals surface area contributed by atoms with Crippen LogP contribution in [0.15, 0.2) is 39.4 Å². The van der Waals surface area contributed by atoms with E-state index in [1.54, 1.807) is 6.07 Å². The summed E-state index contributed by atoms with van der Waals surface area (Å²) in [5.74, 6) is -1.08. The molecule has 5 heteroatoms. The molecule has 0 amide bonds. The zero-order chi connectivity index (χ0) is 13.1. The molecule has 0 bridgehead atoms. The summed E-state index contributed by atoms with van der Waals surface area (Å²) < 4.78 is 5.89. The number of aromatic carboxylic acids is 1. The predicted molar refractivity (Wildman–Crippen MR) is 71.9 cm³/mol. The highest BCUT2D eigenvalue weighted by Crippen LogP contribution is 2.26.